The molecule has 9 heteroatoms. The van der Waals surface area contributed by atoms with E-state index in [0.29, 0.717) is 35.2 Å². The molecule has 28 heavy (non-hydrogen) atoms. The number of hydrogen-bond donors (Lipinski definition) is 2. The number of nitrogens with one attached hydrogen (secondary N) is 2. The second kappa shape index (κ2) is 9.09. The highest BCUT2D eigenvalue weighted by molar-refractivity contribution is 7.94. The molecule has 1 amide bonds. The molecule has 1 aromatic heterocycles. The lowest BCUT2D eigenvalue weighted by Gasteiger charge is -2.09. The average molecular weight is 437 g/mol. The third-order valence-electron chi connectivity index (χ3n) is 3.63. The van der Waals surface area contributed by atoms with Crippen molar-refractivity contribution in [3.63, 3.8) is 0 Å². The molecule has 1 heterocycles. The Kier molecular flexibility index (Phi) is 6.56. The zero-order valence-corrected chi connectivity index (χ0v) is 17.0. The Morgan fingerprint density at radius 1 is 1.04 bits per heavy atom. The molecule has 0 unspecified atom stereocenters. The van der Waals surface area contributed by atoms with Crippen LogP contribution >= 0.6 is 22.9 Å². The van der Waals surface area contributed by atoms with Gasteiger partial charge in [0.1, 0.15) is 16.6 Å². The first-order valence-corrected chi connectivity index (χ1v) is 11.0. The summed E-state index contributed by atoms with van der Waals surface area (Å²) >= 11 is 6.94. The molecule has 0 saturated heterocycles. The van der Waals surface area contributed by atoms with Crippen LogP contribution in [0, 0.1) is 0 Å². The molecular weight excluding hydrogens is 420 g/mol. The quantitative estimate of drug-likeness (QED) is 0.522. The molecule has 146 valence electrons. The minimum absolute atomic E-state index is 0.231. The van der Waals surface area contributed by atoms with Crippen molar-refractivity contribution in [2.45, 2.75) is 4.21 Å². The van der Waals surface area contributed by atoms with Crippen molar-refractivity contribution in [2.75, 3.05) is 17.9 Å². The number of hydrogen-bond acceptors (Lipinski definition) is 5. The molecule has 0 aliphatic heterocycles. The first-order valence-electron chi connectivity index (χ1n) is 8.27. The highest BCUT2D eigenvalue weighted by Crippen LogP contribution is 2.20. The Morgan fingerprint density at radius 2 is 1.75 bits per heavy atom. The van der Waals surface area contributed by atoms with E-state index in [-0.39, 0.29) is 10.1 Å². The first kappa shape index (κ1) is 20.2. The number of amides is 1. The lowest BCUT2D eigenvalue weighted by Crippen LogP contribution is -2.28. The number of carbonyl (C=O) groups excluding carboxylic acids is 1. The first-order chi connectivity index (χ1) is 13.4. The molecule has 3 aromatic rings. The maximum absolute atomic E-state index is 12.2. The van der Waals surface area contributed by atoms with Crippen LogP contribution in [0.25, 0.3) is 0 Å². The third kappa shape index (κ3) is 5.48. The smallest absolute Gasteiger partial charge is 0.271 e. The molecule has 0 aliphatic rings. The van der Waals surface area contributed by atoms with Crippen molar-refractivity contribution in [1.82, 2.24) is 5.32 Å². The predicted molar refractivity (Wildman–Crippen MR) is 111 cm³/mol. The van der Waals surface area contributed by atoms with Gasteiger partial charge in [-0.25, -0.2) is 8.42 Å². The molecule has 3 rings (SSSR count). The number of carbonyl (C=O) groups is 1. The maximum Gasteiger partial charge on any atom is 0.271 e. The summed E-state index contributed by atoms with van der Waals surface area (Å²) in [5.41, 5.74) is 0.807. The van der Waals surface area contributed by atoms with Crippen LogP contribution in [0.2, 0.25) is 5.02 Å². The van der Waals surface area contributed by atoms with Gasteiger partial charge in [-0.15, -0.1) is 11.3 Å². The molecule has 2 N–H and O–H groups in total. The zero-order chi connectivity index (χ0) is 20.0. The third-order valence-corrected chi connectivity index (χ3v) is 6.66. The fourth-order valence-corrected chi connectivity index (χ4v) is 4.46. The normalized spacial score (nSPS) is 11.0. The monoisotopic (exact) mass is 436 g/mol. The van der Waals surface area contributed by atoms with Crippen LogP contribution in [-0.4, -0.2) is 27.5 Å². The van der Waals surface area contributed by atoms with Gasteiger partial charge in [-0.3, -0.25) is 9.52 Å². The molecule has 0 spiro atoms. The second-order valence-corrected chi connectivity index (χ2v) is 8.97. The Bertz CT molecular complexity index is 1020. The largest absolute Gasteiger partial charge is 0.492 e. The molecule has 2 aromatic carbocycles. The van der Waals surface area contributed by atoms with Gasteiger partial charge < -0.3 is 10.1 Å². The van der Waals surface area contributed by atoms with Crippen LogP contribution < -0.4 is 14.8 Å². The molecule has 0 fully saturated rings. The number of anilines is 1. The number of benzene rings is 2. The van der Waals surface area contributed by atoms with Gasteiger partial charge in [0.2, 0.25) is 0 Å². The van der Waals surface area contributed by atoms with E-state index >= 15 is 0 Å². The second-order valence-electron chi connectivity index (χ2n) is 5.67. The van der Waals surface area contributed by atoms with Crippen LogP contribution in [0.4, 0.5) is 5.69 Å². The molecule has 0 bridgehead atoms. The summed E-state index contributed by atoms with van der Waals surface area (Å²) in [6, 6.07) is 16.4. The van der Waals surface area contributed by atoms with E-state index in [0.717, 1.165) is 11.3 Å². The average Bonchev–Trinajstić information content (AvgIpc) is 3.23. The van der Waals surface area contributed by atoms with Crippen molar-refractivity contribution in [2.24, 2.45) is 0 Å². The molecule has 0 saturated carbocycles. The van der Waals surface area contributed by atoms with Gasteiger partial charge in [0.05, 0.1) is 6.54 Å². The van der Waals surface area contributed by atoms with Crippen molar-refractivity contribution in [3.05, 3.63) is 76.6 Å². The van der Waals surface area contributed by atoms with Gasteiger partial charge in [-0.2, -0.15) is 0 Å². The van der Waals surface area contributed by atoms with Crippen LogP contribution in [-0.2, 0) is 10.0 Å². The predicted octanol–water partition coefficient (Wildman–Crippen LogP) is 4.01. The Morgan fingerprint density at radius 3 is 2.39 bits per heavy atom. The molecule has 0 atom stereocenters. The van der Waals surface area contributed by atoms with Gasteiger partial charge >= 0.3 is 0 Å². The fourth-order valence-electron chi connectivity index (χ4n) is 2.28. The topological polar surface area (TPSA) is 84.5 Å². The van der Waals surface area contributed by atoms with E-state index in [2.05, 4.69) is 10.0 Å². The summed E-state index contributed by atoms with van der Waals surface area (Å²) < 4.78 is 32.6. The molecule has 6 nitrogen and oxygen atoms in total. The minimum Gasteiger partial charge on any atom is -0.492 e. The van der Waals surface area contributed by atoms with Gasteiger partial charge in [0.15, 0.2) is 0 Å². The van der Waals surface area contributed by atoms with Crippen molar-refractivity contribution in [3.8, 4) is 5.75 Å². The Balaban J connectivity index is 1.49. The molecular formula is C19H17ClN2O4S2. The highest BCUT2D eigenvalue weighted by atomic mass is 35.5. The summed E-state index contributed by atoms with van der Waals surface area (Å²) in [5, 5.41) is 5.06. The molecule has 0 radical (unpaired) electrons. The summed E-state index contributed by atoms with van der Waals surface area (Å²) in [7, 11) is -3.61. The van der Waals surface area contributed by atoms with Crippen LogP contribution in [0.1, 0.15) is 10.4 Å². The minimum atomic E-state index is -3.61. The number of thiophene rings is 1. The fraction of sp³-hybridized carbons (Fsp3) is 0.105. The van der Waals surface area contributed by atoms with E-state index in [1.54, 1.807) is 60.0 Å². The molecule has 0 aliphatic carbocycles. The summed E-state index contributed by atoms with van der Waals surface area (Å²) in [6.45, 7) is 0.639. The Hall–Kier alpha value is -2.55. The van der Waals surface area contributed by atoms with E-state index in [1.165, 1.54) is 6.07 Å². The number of halogens is 1. The summed E-state index contributed by atoms with van der Waals surface area (Å²) in [4.78, 5) is 12.2. The van der Waals surface area contributed by atoms with Crippen LogP contribution in [0.5, 0.6) is 5.75 Å². The summed E-state index contributed by atoms with van der Waals surface area (Å²) in [6.07, 6.45) is 0. The Labute approximate surface area is 172 Å². The van der Waals surface area contributed by atoms with Crippen LogP contribution in [0.3, 0.4) is 0 Å². The van der Waals surface area contributed by atoms with Crippen LogP contribution in [0.15, 0.2) is 70.3 Å². The van der Waals surface area contributed by atoms with Crippen molar-refractivity contribution in [1.29, 1.82) is 0 Å². The standard InChI is InChI=1S/C19H17ClN2O4S2/c20-15-5-9-17(10-6-15)26-12-11-21-19(23)14-3-7-16(8-4-14)22-28(24,25)18-2-1-13-27-18/h1-10,13,22H,11-12H2,(H,21,23). The number of ether oxygens (including phenoxy) is 1. The maximum atomic E-state index is 12.2. The van der Waals surface area contributed by atoms with E-state index in [4.69, 9.17) is 16.3 Å². The highest BCUT2D eigenvalue weighted by Gasteiger charge is 2.15. The van der Waals surface area contributed by atoms with E-state index in [9.17, 15) is 13.2 Å². The van der Waals surface area contributed by atoms with Gasteiger partial charge in [0.25, 0.3) is 15.9 Å². The van der Waals surface area contributed by atoms with Gasteiger partial charge in [0, 0.05) is 16.3 Å². The lowest BCUT2D eigenvalue weighted by atomic mass is 10.2. The number of sulfonamides is 1. The van der Waals surface area contributed by atoms with E-state index in [1.807, 2.05) is 0 Å². The van der Waals surface area contributed by atoms with Crippen molar-refractivity contribution < 1.29 is 17.9 Å². The summed E-state index contributed by atoms with van der Waals surface area (Å²) in [5.74, 6) is 0.397. The lowest BCUT2D eigenvalue weighted by molar-refractivity contribution is 0.0947. The van der Waals surface area contributed by atoms with Gasteiger partial charge in [-0.1, -0.05) is 17.7 Å². The van der Waals surface area contributed by atoms with E-state index < -0.39 is 10.0 Å². The number of rotatable bonds is 8. The van der Waals surface area contributed by atoms with Crippen molar-refractivity contribution >= 4 is 44.6 Å². The van der Waals surface area contributed by atoms with Gasteiger partial charge in [-0.05, 0) is 60.0 Å². The SMILES string of the molecule is O=C(NCCOc1ccc(Cl)cc1)c1ccc(NS(=O)(=O)c2cccs2)cc1. The zero-order valence-electron chi connectivity index (χ0n) is 14.6.